The molecule has 158 valence electrons. The third-order valence-corrected chi connectivity index (χ3v) is 5.77. The number of pyridine rings is 1. The number of benzene rings is 1. The highest BCUT2D eigenvalue weighted by atomic mass is 127. The summed E-state index contributed by atoms with van der Waals surface area (Å²) in [5, 5.41) is 7.58. The maximum Gasteiger partial charge on any atom is 0.224 e. The van der Waals surface area contributed by atoms with E-state index >= 15 is 0 Å². The lowest BCUT2D eigenvalue weighted by Crippen LogP contribution is -2.42. The van der Waals surface area contributed by atoms with Gasteiger partial charge in [-0.15, -0.1) is 24.0 Å². The van der Waals surface area contributed by atoms with E-state index < -0.39 is 0 Å². The van der Waals surface area contributed by atoms with Crippen LogP contribution in [0.1, 0.15) is 31.7 Å². The Morgan fingerprint density at radius 2 is 2.17 bits per heavy atom. The molecule has 29 heavy (non-hydrogen) atoms. The molecule has 0 radical (unpaired) electrons. The lowest BCUT2D eigenvalue weighted by molar-refractivity contribution is 0.452. The molecule has 0 aliphatic heterocycles. The van der Waals surface area contributed by atoms with Gasteiger partial charge in [0.25, 0.3) is 0 Å². The SMILES string of the molecule is CCNC(=NCc1cccnc1Oc1cccc(F)c1)NC1CCC(SC)C1.I. The number of nitrogens with one attached hydrogen (secondary N) is 2. The van der Waals surface area contributed by atoms with Gasteiger partial charge in [-0.2, -0.15) is 11.8 Å². The van der Waals surface area contributed by atoms with Crippen molar-refractivity contribution in [3.8, 4) is 11.6 Å². The van der Waals surface area contributed by atoms with Gasteiger partial charge < -0.3 is 15.4 Å². The second kappa shape index (κ2) is 12.2. The molecule has 0 spiro atoms. The fraction of sp³-hybridized carbons (Fsp3) is 0.429. The van der Waals surface area contributed by atoms with E-state index in [9.17, 15) is 4.39 Å². The second-order valence-corrected chi connectivity index (χ2v) is 7.87. The molecule has 2 aromatic rings. The van der Waals surface area contributed by atoms with Crippen LogP contribution in [0, 0.1) is 5.82 Å². The Hall–Kier alpha value is -1.55. The Bertz CT molecular complexity index is 808. The third-order valence-electron chi connectivity index (χ3n) is 4.67. The molecule has 1 aromatic carbocycles. The first-order chi connectivity index (χ1) is 13.7. The highest BCUT2D eigenvalue weighted by Gasteiger charge is 2.24. The Labute approximate surface area is 193 Å². The summed E-state index contributed by atoms with van der Waals surface area (Å²) in [6, 6.07) is 10.3. The van der Waals surface area contributed by atoms with Crippen LogP contribution in [0.25, 0.3) is 0 Å². The van der Waals surface area contributed by atoms with Crippen molar-refractivity contribution in [1.29, 1.82) is 0 Å². The Morgan fingerprint density at radius 1 is 1.31 bits per heavy atom. The number of rotatable bonds is 7. The topological polar surface area (TPSA) is 58.5 Å². The molecule has 2 unspecified atom stereocenters. The lowest BCUT2D eigenvalue weighted by atomic mass is 10.2. The third kappa shape index (κ3) is 7.33. The van der Waals surface area contributed by atoms with Crippen LogP contribution in [0.4, 0.5) is 4.39 Å². The molecule has 2 N–H and O–H groups in total. The molecule has 0 bridgehead atoms. The van der Waals surface area contributed by atoms with Crippen LogP contribution in [0.5, 0.6) is 11.6 Å². The van der Waals surface area contributed by atoms with E-state index in [0.717, 1.165) is 36.2 Å². The predicted molar refractivity (Wildman–Crippen MR) is 129 cm³/mol. The van der Waals surface area contributed by atoms with Crippen molar-refractivity contribution in [2.75, 3.05) is 12.8 Å². The molecule has 2 atom stereocenters. The summed E-state index contributed by atoms with van der Waals surface area (Å²) >= 11 is 1.94. The van der Waals surface area contributed by atoms with Crippen LogP contribution in [0.3, 0.4) is 0 Å². The standard InChI is InChI=1S/C21H27FN4OS.HI/c1-3-23-21(26-17-9-10-19(13-17)28-2)25-14-15-6-5-11-24-20(15)27-18-8-4-7-16(22)12-18;/h4-8,11-12,17,19H,3,9-10,13-14H2,1-2H3,(H2,23,25,26);1H. The Kier molecular flexibility index (Phi) is 9.99. The molecular formula is C21H28FIN4OS. The lowest BCUT2D eigenvalue weighted by Gasteiger charge is -2.17. The van der Waals surface area contributed by atoms with Gasteiger partial charge in [0.2, 0.25) is 5.88 Å². The van der Waals surface area contributed by atoms with Crippen molar-refractivity contribution >= 4 is 41.7 Å². The van der Waals surface area contributed by atoms with Gasteiger partial charge in [-0.1, -0.05) is 12.1 Å². The first kappa shape index (κ1) is 23.7. The van der Waals surface area contributed by atoms with Crippen LogP contribution in [-0.4, -0.2) is 35.0 Å². The van der Waals surface area contributed by atoms with E-state index in [-0.39, 0.29) is 29.8 Å². The number of guanidine groups is 1. The second-order valence-electron chi connectivity index (χ2n) is 6.73. The molecule has 5 nitrogen and oxygen atoms in total. The van der Waals surface area contributed by atoms with Gasteiger partial charge in [-0.3, -0.25) is 0 Å². The van der Waals surface area contributed by atoms with E-state index in [0.29, 0.717) is 24.2 Å². The quantitative estimate of drug-likeness (QED) is 0.301. The van der Waals surface area contributed by atoms with Crippen molar-refractivity contribution in [3.63, 3.8) is 0 Å². The zero-order valence-corrected chi connectivity index (χ0v) is 19.9. The van der Waals surface area contributed by atoms with Gasteiger partial charge in [0.1, 0.15) is 11.6 Å². The van der Waals surface area contributed by atoms with Gasteiger partial charge in [-0.25, -0.2) is 14.4 Å². The number of aromatic nitrogens is 1. The van der Waals surface area contributed by atoms with Crippen LogP contribution < -0.4 is 15.4 Å². The van der Waals surface area contributed by atoms with E-state index in [4.69, 9.17) is 9.73 Å². The molecule has 1 saturated carbocycles. The molecule has 8 heteroatoms. The molecule has 0 saturated heterocycles. The minimum absolute atomic E-state index is 0. The predicted octanol–water partition coefficient (Wildman–Crippen LogP) is 4.97. The Balaban J connectivity index is 0.00000300. The maximum atomic E-state index is 13.4. The number of halogens is 2. The molecular weight excluding hydrogens is 502 g/mol. The highest BCUT2D eigenvalue weighted by Crippen LogP contribution is 2.28. The number of thioether (sulfide) groups is 1. The molecule has 3 rings (SSSR count). The zero-order valence-electron chi connectivity index (χ0n) is 16.7. The zero-order chi connectivity index (χ0) is 19.8. The largest absolute Gasteiger partial charge is 0.439 e. The molecule has 1 fully saturated rings. The van der Waals surface area contributed by atoms with Crippen LogP contribution in [0.15, 0.2) is 47.6 Å². The molecule has 1 heterocycles. The van der Waals surface area contributed by atoms with Crippen molar-refractivity contribution in [1.82, 2.24) is 15.6 Å². The summed E-state index contributed by atoms with van der Waals surface area (Å²) in [4.78, 5) is 9.01. The van der Waals surface area contributed by atoms with Gasteiger partial charge in [0.15, 0.2) is 5.96 Å². The van der Waals surface area contributed by atoms with Gasteiger partial charge in [0.05, 0.1) is 6.54 Å². The number of hydrogen-bond acceptors (Lipinski definition) is 4. The summed E-state index contributed by atoms with van der Waals surface area (Å²) in [6.45, 7) is 3.27. The number of nitrogens with zero attached hydrogens (tertiary/aromatic N) is 2. The highest BCUT2D eigenvalue weighted by molar-refractivity contribution is 14.0. The summed E-state index contributed by atoms with van der Waals surface area (Å²) in [7, 11) is 0. The van der Waals surface area contributed by atoms with E-state index in [1.54, 1.807) is 18.3 Å². The first-order valence-electron chi connectivity index (χ1n) is 9.63. The number of hydrogen-bond donors (Lipinski definition) is 2. The minimum atomic E-state index is -0.341. The van der Waals surface area contributed by atoms with E-state index in [1.807, 2.05) is 23.9 Å². The van der Waals surface area contributed by atoms with E-state index in [1.165, 1.54) is 18.6 Å². The monoisotopic (exact) mass is 530 g/mol. The summed E-state index contributed by atoms with van der Waals surface area (Å²) in [6.07, 6.45) is 7.40. The summed E-state index contributed by atoms with van der Waals surface area (Å²) < 4.78 is 19.2. The molecule has 0 amide bonds. The average Bonchev–Trinajstić information content (AvgIpc) is 3.15. The summed E-state index contributed by atoms with van der Waals surface area (Å²) in [5.41, 5.74) is 0.845. The van der Waals surface area contributed by atoms with Gasteiger partial charge in [-0.05, 0) is 50.6 Å². The molecule has 1 aliphatic carbocycles. The van der Waals surface area contributed by atoms with Crippen LogP contribution in [-0.2, 0) is 6.54 Å². The molecule has 1 aliphatic rings. The van der Waals surface area contributed by atoms with Gasteiger partial charge >= 0.3 is 0 Å². The molecule has 1 aromatic heterocycles. The van der Waals surface area contributed by atoms with Crippen molar-refractivity contribution < 1.29 is 9.13 Å². The maximum absolute atomic E-state index is 13.4. The van der Waals surface area contributed by atoms with Crippen molar-refractivity contribution in [2.24, 2.45) is 4.99 Å². The fourth-order valence-corrected chi connectivity index (χ4v) is 4.04. The van der Waals surface area contributed by atoms with Crippen LogP contribution >= 0.6 is 35.7 Å². The first-order valence-corrected chi connectivity index (χ1v) is 10.9. The number of aliphatic imine (C=N–C) groups is 1. The fourth-order valence-electron chi connectivity index (χ4n) is 3.24. The summed E-state index contributed by atoms with van der Waals surface area (Å²) in [5.74, 6) is 1.32. The van der Waals surface area contributed by atoms with Gasteiger partial charge in [0, 0.05) is 35.7 Å². The normalized spacial score (nSPS) is 18.8. The smallest absolute Gasteiger partial charge is 0.224 e. The van der Waals surface area contributed by atoms with Crippen LogP contribution in [0.2, 0.25) is 0 Å². The Morgan fingerprint density at radius 3 is 2.90 bits per heavy atom. The minimum Gasteiger partial charge on any atom is -0.439 e. The van der Waals surface area contributed by atoms with E-state index in [2.05, 4.69) is 28.8 Å². The van der Waals surface area contributed by atoms with Crippen molar-refractivity contribution in [3.05, 3.63) is 54.0 Å². The van der Waals surface area contributed by atoms with Crippen molar-refractivity contribution in [2.45, 2.75) is 44.0 Å². The number of ether oxygens (including phenoxy) is 1. The average molecular weight is 530 g/mol.